The lowest BCUT2D eigenvalue weighted by Crippen LogP contribution is -2.44. The van der Waals surface area contributed by atoms with Crippen LogP contribution in [-0.4, -0.2) is 24.1 Å². The predicted octanol–water partition coefficient (Wildman–Crippen LogP) is 10.5. The number of rotatable bonds is 5. The van der Waals surface area contributed by atoms with Crippen LogP contribution in [0.5, 0.6) is 0 Å². The first-order valence-electron chi connectivity index (χ1n) is 13.7. The molecule has 1 nitrogen and oxygen atoms in total. The first-order chi connectivity index (χ1) is 14.6. The Kier molecular flexibility index (Phi) is 9.89. The fraction of sp³-hybridized carbons (Fsp3) is 0.935. The van der Waals surface area contributed by atoms with Gasteiger partial charge in [0.2, 0.25) is 0 Å². The topological polar surface area (TPSA) is 9.23 Å². The van der Waals surface area contributed by atoms with Gasteiger partial charge < -0.3 is 4.74 Å². The Labute approximate surface area is 211 Å². The van der Waals surface area contributed by atoms with Gasteiger partial charge in [0.05, 0.1) is 5.76 Å². The highest BCUT2D eigenvalue weighted by atomic mass is 31.1. The molecule has 0 aromatic heterocycles. The lowest BCUT2D eigenvalue weighted by Gasteiger charge is -2.48. The summed E-state index contributed by atoms with van der Waals surface area (Å²) in [4.78, 5) is 0. The van der Waals surface area contributed by atoms with Crippen molar-refractivity contribution in [1.82, 2.24) is 0 Å². The second-order valence-corrected chi connectivity index (χ2v) is 18.3. The van der Waals surface area contributed by atoms with Gasteiger partial charge in [0.1, 0.15) is 6.10 Å². The molecule has 196 valence electrons. The van der Waals surface area contributed by atoms with Gasteiger partial charge in [-0.25, -0.2) is 0 Å². The summed E-state index contributed by atoms with van der Waals surface area (Å²) in [5.74, 6) is 2.05. The molecule has 2 heteroatoms. The Morgan fingerprint density at radius 1 is 0.879 bits per heavy atom. The summed E-state index contributed by atoms with van der Waals surface area (Å²) in [6.45, 7) is 39.2. The molecule has 0 aromatic rings. The van der Waals surface area contributed by atoms with Gasteiger partial charge in [0, 0.05) is 5.41 Å². The second kappa shape index (κ2) is 10.5. The maximum Gasteiger partial charge on any atom is 0.108 e. The molecule has 1 saturated heterocycles. The summed E-state index contributed by atoms with van der Waals surface area (Å²) in [6, 6.07) is 0. The summed E-state index contributed by atoms with van der Waals surface area (Å²) < 4.78 is 6.53. The zero-order chi connectivity index (χ0) is 26.2. The second-order valence-electron chi connectivity index (χ2n) is 15.7. The average molecular weight is 481 g/mol. The zero-order valence-electron chi connectivity index (χ0n) is 25.4. The summed E-state index contributed by atoms with van der Waals surface area (Å²) in [5, 5.41) is 0. The maximum absolute atomic E-state index is 6.53. The smallest absolute Gasteiger partial charge is 0.108 e. The van der Waals surface area contributed by atoms with Crippen LogP contribution in [-0.2, 0) is 4.74 Å². The molecular formula is C31H61OP. The minimum Gasteiger partial charge on any atom is -0.494 e. The van der Waals surface area contributed by atoms with Gasteiger partial charge in [-0.05, 0) is 71.2 Å². The van der Waals surface area contributed by atoms with Crippen LogP contribution in [0, 0.1) is 33.0 Å². The van der Waals surface area contributed by atoms with E-state index in [0.29, 0.717) is 13.3 Å². The molecule has 1 aliphatic heterocycles. The first-order valence-corrected chi connectivity index (χ1v) is 15.6. The van der Waals surface area contributed by atoms with Crippen molar-refractivity contribution < 1.29 is 4.74 Å². The van der Waals surface area contributed by atoms with E-state index in [-0.39, 0.29) is 27.8 Å². The Morgan fingerprint density at radius 3 is 1.64 bits per heavy atom. The van der Waals surface area contributed by atoms with Crippen LogP contribution >= 0.6 is 7.92 Å². The third kappa shape index (κ3) is 7.48. The van der Waals surface area contributed by atoms with Crippen molar-refractivity contribution in [3.05, 3.63) is 12.3 Å². The quantitative estimate of drug-likeness (QED) is 0.281. The van der Waals surface area contributed by atoms with Crippen LogP contribution < -0.4 is 0 Å². The molecule has 1 heterocycles. The number of fused-ring (bicyclic) bond motifs is 2. The molecule has 0 amide bonds. The summed E-state index contributed by atoms with van der Waals surface area (Å²) in [6.07, 6.45) is 7.07. The standard InChI is InChI=1S/C20H40O.C11H21P/c1-13-14-20(12,19(9,10)11)15(2)21-16(17(3,4)5)18(6,7)8;1-11(2,3)10-8-5-6-9(7-8)12(10)4/h16H,2,13-14H2,1,3-12H3;8-10H,5-7H2,1-4H3. The van der Waals surface area contributed by atoms with Crippen LogP contribution in [0.1, 0.15) is 129 Å². The van der Waals surface area contributed by atoms with Gasteiger partial charge >= 0.3 is 0 Å². The molecule has 0 N–H and O–H groups in total. The Hall–Kier alpha value is -0.0300. The van der Waals surface area contributed by atoms with Crippen molar-refractivity contribution in [2.75, 3.05) is 6.66 Å². The maximum atomic E-state index is 6.53. The lowest BCUT2D eigenvalue weighted by atomic mass is 9.64. The van der Waals surface area contributed by atoms with E-state index in [1.165, 1.54) is 0 Å². The van der Waals surface area contributed by atoms with Crippen molar-refractivity contribution in [1.29, 1.82) is 0 Å². The monoisotopic (exact) mass is 480 g/mol. The molecular weight excluding hydrogens is 419 g/mol. The summed E-state index contributed by atoms with van der Waals surface area (Å²) in [5.41, 5.74) is 3.12. The minimum atomic E-state index is -0.00347. The van der Waals surface area contributed by atoms with Gasteiger partial charge in [0.25, 0.3) is 0 Å². The minimum absolute atomic E-state index is 0.00347. The number of hydrogen-bond acceptors (Lipinski definition) is 1. The van der Waals surface area contributed by atoms with Gasteiger partial charge in [0.15, 0.2) is 0 Å². The van der Waals surface area contributed by atoms with E-state index in [9.17, 15) is 0 Å². The summed E-state index contributed by atoms with van der Waals surface area (Å²) >= 11 is 0. The predicted molar refractivity (Wildman–Crippen MR) is 153 cm³/mol. The number of allylic oxidation sites excluding steroid dienone is 1. The molecule has 0 radical (unpaired) electrons. The van der Waals surface area contributed by atoms with E-state index < -0.39 is 0 Å². The molecule has 5 atom stereocenters. The van der Waals surface area contributed by atoms with Crippen molar-refractivity contribution in [2.24, 2.45) is 33.0 Å². The van der Waals surface area contributed by atoms with Gasteiger partial charge in [-0.3, -0.25) is 0 Å². The van der Waals surface area contributed by atoms with Crippen LogP contribution in [0.4, 0.5) is 0 Å². The van der Waals surface area contributed by atoms with Crippen molar-refractivity contribution >= 4 is 7.92 Å². The molecule has 1 saturated carbocycles. The van der Waals surface area contributed by atoms with E-state index in [1.807, 2.05) is 0 Å². The van der Waals surface area contributed by atoms with Crippen LogP contribution in [0.3, 0.4) is 0 Å². The normalized spacial score (nSPS) is 27.8. The molecule has 2 bridgehead atoms. The highest BCUT2D eigenvalue weighted by Gasteiger charge is 2.49. The lowest BCUT2D eigenvalue weighted by molar-refractivity contribution is -0.0819. The SMILES string of the molecule is C=C(OC(C(C)(C)C)C(C)(C)C)C(C)(CCC)C(C)(C)C.CP1C2CCC(C2)C1C(C)(C)C. The fourth-order valence-electron chi connectivity index (χ4n) is 6.88. The third-order valence-electron chi connectivity index (χ3n) is 8.65. The number of ether oxygens (including phenoxy) is 1. The highest BCUT2D eigenvalue weighted by Crippen LogP contribution is 2.67. The van der Waals surface area contributed by atoms with E-state index in [0.717, 1.165) is 35.8 Å². The van der Waals surface area contributed by atoms with Gasteiger partial charge in [-0.1, -0.05) is 110 Å². The van der Waals surface area contributed by atoms with Crippen molar-refractivity contribution in [2.45, 2.75) is 146 Å². The Morgan fingerprint density at radius 2 is 1.36 bits per heavy atom. The molecule has 33 heavy (non-hydrogen) atoms. The molecule has 0 spiro atoms. The van der Waals surface area contributed by atoms with Gasteiger partial charge in [-0.2, -0.15) is 0 Å². The summed E-state index contributed by atoms with van der Waals surface area (Å²) in [7, 11) is 0.370. The zero-order valence-corrected chi connectivity index (χ0v) is 26.3. The van der Waals surface area contributed by atoms with E-state index >= 15 is 0 Å². The first kappa shape index (κ1) is 31.0. The third-order valence-corrected chi connectivity index (χ3v) is 12.3. The largest absolute Gasteiger partial charge is 0.494 e. The average Bonchev–Trinajstić information content (AvgIpc) is 3.17. The Balaban J connectivity index is 0.000000377. The van der Waals surface area contributed by atoms with E-state index in [4.69, 9.17) is 4.74 Å². The molecule has 0 aromatic carbocycles. The van der Waals surface area contributed by atoms with E-state index in [2.05, 4.69) is 110 Å². The molecule has 2 aliphatic rings. The highest BCUT2D eigenvalue weighted by molar-refractivity contribution is 7.58. The molecule has 2 rings (SSSR count). The Bertz CT molecular complexity index is 620. The van der Waals surface area contributed by atoms with Crippen LogP contribution in [0.2, 0.25) is 0 Å². The van der Waals surface area contributed by atoms with E-state index in [1.54, 1.807) is 19.3 Å². The van der Waals surface area contributed by atoms with Crippen LogP contribution in [0.25, 0.3) is 0 Å². The van der Waals surface area contributed by atoms with Crippen molar-refractivity contribution in [3.63, 3.8) is 0 Å². The van der Waals surface area contributed by atoms with Crippen LogP contribution in [0.15, 0.2) is 12.3 Å². The molecule has 2 fully saturated rings. The van der Waals surface area contributed by atoms with Crippen molar-refractivity contribution in [3.8, 4) is 0 Å². The molecule has 5 unspecified atom stereocenters. The van der Waals surface area contributed by atoms with Gasteiger partial charge in [-0.15, -0.1) is 7.92 Å². The fourth-order valence-corrected chi connectivity index (χ4v) is 10.7. The number of hydrogen-bond donors (Lipinski definition) is 0. The molecule has 1 aliphatic carbocycles.